The number of benzene rings is 1. The largest absolute Gasteiger partial charge is 0.478 e. The van der Waals surface area contributed by atoms with Crippen LogP contribution in [-0.2, 0) is 16.2 Å². The molecule has 1 unspecified atom stereocenters. The Kier molecular flexibility index (Phi) is 3.71. The summed E-state index contributed by atoms with van der Waals surface area (Å²) in [5.74, 6) is -0.362. The van der Waals surface area contributed by atoms with Gasteiger partial charge in [0.1, 0.15) is 12.3 Å². The fourth-order valence-electron chi connectivity index (χ4n) is 2.04. The van der Waals surface area contributed by atoms with E-state index in [1.54, 1.807) is 18.2 Å². The maximum atomic E-state index is 12.2. The van der Waals surface area contributed by atoms with Crippen LogP contribution < -0.4 is 15.4 Å². The van der Waals surface area contributed by atoms with Crippen molar-refractivity contribution in [2.24, 2.45) is 5.73 Å². The van der Waals surface area contributed by atoms with Crippen LogP contribution in [0.2, 0.25) is 0 Å². The zero-order valence-electron chi connectivity index (χ0n) is 10.6. The van der Waals surface area contributed by atoms with Gasteiger partial charge >= 0.3 is 0 Å². The summed E-state index contributed by atoms with van der Waals surface area (Å²) in [6.07, 6.45) is -0.0956. The number of nitrogens with two attached hydrogens (primary N) is 1. The molecule has 6 heteroatoms. The molecule has 1 aliphatic rings. The number of fused-ring (bicyclic) bond motifs is 1. The van der Waals surface area contributed by atoms with E-state index >= 15 is 0 Å². The van der Waals surface area contributed by atoms with Gasteiger partial charge in [0, 0.05) is 0 Å². The first-order valence-corrected chi connectivity index (χ1v) is 6.07. The first-order valence-electron chi connectivity index (χ1n) is 6.07. The van der Waals surface area contributed by atoms with Crippen LogP contribution in [0.1, 0.15) is 18.9 Å². The van der Waals surface area contributed by atoms with Crippen molar-refractivity contribution in [1.82, 2.24) is 0 Å². The molecule has 0 saturated heterocycles. The Labute approximate surface area is 110 Å². The molecule has 1 aliphatic heterocycles. The van der Waals surface area contributed by atoms with Gasteiger partial charge < -0.3 is 15.6 Å². The van der Waals surface area contributed by atoms with Crippen LogP contribution in [0.15, 0.2) is 18.2 Å². The Hall–Kier alpha value is -2.08. The van der Waals surface area contributed by atoms with Crippen molar-refractivity contribution in [1.29, 1.82) is 0 Å². The molecule has 1 heterocycles. The van der Waals surface area contributed by atoms with Crippen molar-refractivity contribution in [2.45, 2.75) is 26.1 Å². The number of aliphatic hydroxyl groups is 1. The molecule has 0 spiro atoms. The summed E-state index contributed by atoms with van der Waals surface area (Å²) in [7, 11) is 0. The maximum absolute atomic E-state index is 12.2. The predicted molar refractivity (Wildman–Crippen MR) is 68.6 cm³/mol. The second-order valence-electron chi connectivity index (χ2n) is 4.37. The van der Waals surface area contributed by atoms with E-state index in [9.17, 15) is 9.59 Å². The molecule has 1 aromatic carbocycles. The molecule has 0 aliphatic carbocycles. The second-order valence-corrected chi connectivity index (χ2v) is 4.37. The lowest BCUT2D eigenvalue weighted by Crippen LogP contribution is -2.48. The highest BCUT2D eigenvalue weighted by Gasteiger charge is 2.34. The van der Waals surface area contributed by atoms with E-state index in [-0.39, 0.29) is 19.1 Å². The van der Waals surface area contributed by atoms with Gasteiger partial charge in [0.25, 0.3) is 5.91 Å². The SMILES string of the molecule is CCC1Oc2ccc(CO)cc2N(CC(N)=O)C1=O. The van der Waals surface area contributed by atoms with Crippen molar-refractivity contribution in [3.63, 3.8) is 0 Å². The van der Waals surface area contributed by atoms with Gasteiger partial charge in [-0.2, -0.15) is 0 Å². The lowest BCUT2D eigenvalue weighted by molar-refractivity contribution is -0.128. The van der Waals surface area contributed by atoms with Crippen molar-refractivity contribution >= 4 is 17.5 Å². The Balaban J connectivity index is 2.45. The number of ether oxygens (including phenoxy) is 1. The normalized spacial score (nSPS) is 17.9. The molecule has 0 fully saturated rings. The summed E-state index contributed by atoms with van der Waals surface area (Å²) in [4.78, 5) is 24.6. The number of aliphatic hydroxyl groups excluding tert-OH is 1. The summed E-state index contributed by atoms with van der Waals surface area (Å²) in [5.41, 5.74) is 6.29. The summed E-state index contributed by atoms with van der Waals surface area (Å²) < 4.78 is 5.58. The van der Waals surface area contributed by atoms with Gasteiger partial charge in [-0.3, -0.25) is 14.5 Å². The van der Waals surface area contributed by atoms with Gasteiger partial charge in [0.2, 0.25) is 5.91 Å². The molecule has 0 bridgehead atoms. The third-order valence-electron chi connectivity index (χ3n) is 2.99. The predicted octanol–water partition coefficient (Wildman–Crippen LogP) is 0.168. The number of primary amides is 1. The monoisotopic (exact) mass is 264 g/mol. The van der Waals surface area contributed by atoms with Gasteiger partial charge in [-0.1, -0.05) is 13.0 Å². The molecule has 1 aromatic rings. The summed E-state index contributed by atoms with van der Waals surface area (Å²) in [6, 6.07) is 5.02. The van der Waals surface area contributed by atoms with Gasteiger partial charge in [0.05, 0.1) is 12.3 Å². The zero-order valence-corrected chi connectivity index (χ0v) is 10.6. The van der Waals surface area contributed by atoms with E-state index < -0.39 is 12.0 Å². The minimum Gasteiger partial charge on any atom is -0.478 e. The molecule has 0 aromatic heterocycles. The van der Waals surface area contributed by atoms with E-state index in [4.69, 9.17) is 15.6 Å². The van der Waals surface area contributed by atoms with Crippen LogP contribution in [0.25, 0.3) is 0 Å². The fourth-order valence-corrected chi connectivity index (χ4v) is 2.04. The topological polar surface area (TPSA) is 92.9 Å². The average molecular weight is 264 g/mol. The first kappa shape index (κ1) is 13.4. The number of hydrogen-bond acceptors (Lipinski definition) is 4. The summed E-state index contributed by atoms with van der Waals surface area (Å²) in [5, 5.41) is 9.14. The molecule has 2 amide bonds. The molecule has 0 saturated carbocycles. The van der Waals surface area contributed by atoms with Crippen molar-refractivity contribution in [3.8, 4) is 5.75 Å². The number of amides is 2. The number of anilines is 1. The second kappa shape index (κ2) is 5.27. The highest BCUT2D eigenvalue weighted by atomic mass is 16.5. The number of nitrogens with zero attached hydrogens (tertiary/aromatic N) is 1. The number of hydrogen-bond donors (Lipinski definition) is 2. The van der Waals surface area contributed by atoms with Crippen LogP contribution >= 0.6 is 0 Å². The average Bonchev–Trinajstić information content (AvgIpc) is 2.40. The molecule has 3 N–H and O–H groups in total. The lowest BCUT2D eigenvalue weighted by atomic mass is 10.1. The number of carbonyl (C=O) groups is 2. The van der Waals surface area contributed by atoms with Gasteiger partial charge in [-0.05, 0) is 24.1 Å². The van der Waals surface area contributed by atoms with Crippen LogP contribution in [0.5, 0.6) is 5.75 Å². The van der Waals surface area contributed by atoms with Gasteiger partial charge in [-0.25, -0.2) is 0 Å². The molecule has 1 atom stereocenters. The van der Waals surface area contributed by atoms with E-state index in [0.717, 1.165) is 0 Å². The van der Waals surface area contributed by atoms with Crippen LogP contribution in [0, 0.1) is 0 Å². The molecule has 0 radical (unpaired) electrons. The summed E-state index contributed by atoms with van der Waals surface area (Å²) in [6.45, 7) is 1.49. The van der Waals surface area contributed by atoms with Gasteiger partial charge in [-0.15, -0.1) is 0 Å². The Morgan fingerprint density at radius 2 is 2.26 bits per heavy atom. The molecular weight excluding hydrogens is 248 g/mol. The molecular formula is C13H16N2O4. The van der Waals surface area contributed by atoms with Crippen LogP contribution in [-0.4, -0.2) is 29.6 Å². The van der Waals surface area contributed by atoms with Crippen molar-refractivity contribution < 1.29 is 19.4 Å². The quantitative estimate of drug-likeness (QED) is 0.810. The lowest BCUT2D eigenvalue weighted by Gasteiger charge is -2.33. The maximum Gasteiger partial charge on any atom is 0.268 e. The standard InChI is InChI=1S/C13H16N2O4/c1-2-10-13(18)15(6-12(14)17)9-5-8(7-16)3-4-11(9)19-10/h3-5,10,16H,2,6-7H2,1H3,(H2,14,17). The van der Waals surface area contributed by atoms with Crippen LogP contribution in [0.4, 0.5) is 5.69 Å². The summed E-state index contributed by atoms with van der Waals surface area (Å²) >= 11 is 0. The van der Waals surface area contributed by atoms with E-state index in [1.807, 2.05) is 6.92 Å². The molecule has 102 valence electrons. The molecule has 2 rings (SSSR count). The smallest absolute Gasteiger partial charge is 0.268 e. The highest BCUT2D eigenvalue weighted by molar-refractivity contribution is 6.03. The minimum absolute atomic E-state index is 0.150. The Bertz CT molecular complexity index is 515. The minimum atomic E-state index is -0.605. The first-order chi connectivity index (χ1) is 9.06. The van der Waals surface area contributed by atoms with Crippen molar-refractivity contribution in [3.05, 3.63) is 23.8 Å². The fraction of sp³-hybridized carbons (Fsp3) is 0.385. The van der Waals surface area contributed by atoms with E-state index in [0.29, 0.717) is 23.4 Å². The zero-order chi connectivity index (χ0) is 14.0. The third kappa shape index (κ3) is 2.53. The number of rotatable bonds is 4. The van der Waals surface area contributed by atoms with Gasteiger partial charge in [0.15, 0.2) is 6.10 Å². The number of carbonyl (C=O) groups excluding carboxylic acids is 2. The molecule has 6 nitrogen and oxygen atoms in total. The van der Waals surface area contributed by atoms with Crippen molar-refractivity contribution in [2.75, 3.05) is 11.4 Å². The highest BCUT2D eigenvalue weighted by Crippen LogP contribution is 2.35. The Morgan fingerprint density at radius 1 is 1.53 bits per heavy atom. The Morgan fingerprint density at radius 3 is 2.84 bits per heavy atom. The van der Waals surface area contributed by atoms with E-state index in [1.165, 1.54) is 4.90 Å². The van der Waals surface area contributed by atoms with E-state index in [2.05, 4.69) is 0 Å². The van der Waals surface area contributed by atoms with Crippen LogP contribution in [0.3, 0.4) is 0 Å². The molecule has 19 heavy (non-hydrogen) atoms. The third-order valence-corrected chi connectivity index (χ3v) is 2.99.